The normalized spacial score (nSPS) is 18.1. The van der Waals surface area contributed by atoms with Gasteiger partial charge in [0.1, 0.15) is 5.82 Å². The first-order valence-electron chi connectivity index (χ1n) is 10.6. The van der Waals surface area contributed by atoms with Gasteiger partial charge in [0, 0.05) is 31.5 Å². The van der Waals surface area contributed by atoms with Gasteiger partial charge >= 0.3 is 5.69 Å². The lowest BCUT2D eigenvalue weighted by Gasteiger charge is -2.37. The highest BCUT2D eigenvalue weighted by molar-refractivity contribution is 7.99. The fourth-order valence-electron chi connectivity index (χ4n) is 3.77. The molecule has 10 heteroatoms. The van der Waals surface area contributed by atoms with Gasteiger partial charge in [0.15, 0.2) is 5.75 Å². The van der Waals surface area contributed by atoms with E-state index in [1.54, 1.807) is 18.2 Å². The van der Waals surface area contributed by atoms with Crippen molar-refractivity contribution < 1.29 is 23.6 Å². The van der Waals surface area contributed by atoms with Crippen LogP contribution in [0.1, 0.15) is 25.0 Å². The van der Waals surface area contributed by atoms with Crippen molar-refractivity contribution in [3.8, 4) is 5.75 Å². The standard InChI is InChI=1S/C23H28FN3O5S/c1-15-11-26(12-16(2)32-15)20-6-4-17(8-19(20)24)10-25-23(28)14-33-13-18-5-7-22(31-3)21(9-18)27(29)30/h4-9,15-16H,10-14H2,1-3H3,(H,25,28). The minimum atomic E-state index is -0.496. The van der Waals surface area contributed by atoms with Crippen LogP contribution in [0.15, 0.2) is 36.4 Å². The van der Waals surface area contributed by atoms with E-state index < -0.39 is 4.92 Å². The highest BCUT2D eigenvalue weighted by atomic mass is 32.2. The van der Waals surface area contributed by atoms with Crippen LogP contribution in [0.4, 0.5) is 15.8 Å². The van der Waals surface area contributed by atoms with Gasteiger partial charge in [-0.3, -0.25) is 14.9 Å². The third kappa shape index (κ3) is 6.82. The number of halogens is 1. The largest absolute Gasteiger partial charge is 0.490 e. The van der Waals surface area contributed by atoms with Crippen molar-refractivity contribution in [3.05, 3.63) is 63.5 Å². The van der Waals surface area contributed by atoms with Crippen molar-refractivity contribution in [1.82, 2.24) is 5.32 Å². The average molecular weight is 478 g/mol. The van der Waals surface area contributed by atoms with Crippen molar-refractivity contribution in [2.45, 2.75) is 38.4 Å². The summed E-state index contributed by atoms with van der Waals surface area (Å²) in [5.74, 6) is 0.311. The molecule has 2 atom stereocenters. The molecule has 0 saturated carbocycles. The molecule has 1 N–H and O–H groups in total. The number of benzene rings is 2. The number of hydrogen-bond acceptors (Lipinski definition) is 7. The van der Waals surface area contributed by atoms with Crippen molar-refractivity contribution in [2.75, 3.05) is 30.9 Å². The van der Waals surface area contributed by atoms with E-state index in [-0.39, 0.29) is 47.7 Å². The number of nitrogens with one attached hydrogen (secondary N) is 1. The molecule has 178 valence electrons. The molecule has 0 aromatic heterocycles. The number of ether oxygens (including phenoxy) is 2. The number of methoxy groups -OCH3 is 1. The van der Waals surface area contributed by atoms with Crippen LogP contribution in [0.25, 0.3) is 0 Å². The van der Waals surface area contributed by atoms with Gasteiger partial charge in [-0.2, -0.15) is 0 Å². The van der Waals surface area contributed by atoms with E-state index >= 15 is 0 Å². The van der Waals surface area contributed by atoms with Gasteiger partial charge in [-0.15, -0.1) is 11.8 Å². The Balaban J connectivity index is 1.48. The number of nitro groups is 1. The van der Waals surface area contributed by atoms with Gasteiger partial charge in [-0.1, -0.05) is 12.1 Å². The molecule has 1 saturated heterocycles. The molecule has 2 aromatic carbocycles. The Hall–Kier alpha value is -2.85. The summed E-state index contributed by atoms with van der Waals surface area (Å²) < 4.78 is 25.4. The number of rotatable bonds is 9. The number of hydrogen-bond donors (Lipinski definition) is 1. The second-order valence-electron chi connectivity index (χ2n) is 7.98. The predicted octanol–water partition coefficient (Wildman–Crippen LogP) is 3.91. The van der Waals surface area contributed by atoms with Crippen LogP contribution < -0.4 is 15.0 Å². The summed E-state index contributed by atoms with van der Waals surface area (Å²) in [6.07, 6.45) is 0.0716. The number of morpholine rings is 1. The molecule has 33 heavy (non-hydrogen) atoms. The third-order valence-electron chi connectivity index (χ3n) is 5.20. The summed E-state index contributed by atoms with van der Waals surface area (Å²) >= 11 is 1.34. The maximum absolute atomic E-state index is 14.7. The van der Waals surface area contributed by atoms with Crippen LogP contribution in [0.3, 0.4) is 0 Å². The average Bonchev–Trinajstić information content (AvgIpc) is 2.77. The smallest absolute Gasteiger partial charge is 0.311 e. The summed E-state index contributed by atoms with van der Waals surface area (Å²) in [5.41, 5.74) is 1.84. The number of amides is 1. The Labute approximate surface area is 196 Å². The first-order chi connectivity index (χ1) is 15.8. The quantitative estimate of drug-likeness (QED) is 0.432. The lowest BCUT2D eigenvalue weighted by molar-refractivity contribution is -0.385. The van der Waals surface area contributed by atoms with Crippen molar-refractivity contribution in [1.29, 1.82) is 0 Å². The van der Waals surface area contributed by atoms with Crippen molar-refractivity contribution in [2.24, 2.45) is 0 Å². The molecule has 0 bridgehead atoms. The van der Waals surface area contributed by atoms with Crippen LogP contribution in [-0.2, 0) is 21.8 Å². The van der Waals surface area contributed by atoms with E-state index in [1.807, 2.05) is 24.8 Å². The first kappa shape index (κ1) is 24.8. The highest BCUT2D eigenvalue weighted by Gasteiger charge is 2.24. The Kier molecular flexibility index (Phi) is 8.51. The monoisotopic (exact) mass is 477 g/mol. The van der Waals surface area contributed by atoms with Gasteiger partial charge in [0.2, 0.25) is 5.91 Å². The summed E-state index contributed by atoms with van der Waals surface area (Å²) in [4.78, 5) is 24.8. The molecule has 0 aliphatic carbocycles. The molecule has 2 unspecified atom stereocenters. The minimum absolute atomic E-state index is 0.0358. The summed E-state index contributed by atoms with van der Waals surface area (Å²) in [5, 5.41) is 13.9. The van der Waals surface area contributed by atoms with Crippen LogP contribution in [0.2, 0.25) is 0 Å². The van der Waals surface area contributed by atoms with Gasteiger partial charge in [0.25, 0.3) is 0 Å². The molecule has 8 nitrogen and oxygen atoms in total. The molecule has 1 aliphatic rings. The SMILES string of the molecule is COc1ccc(CSCC(=O)NCc2ccc(N3CC(C)OC(C)C3)c(F)c2)cc1[N+](=O)[O-]. The van der Waals surface area contributed by atoms with E-state index in [4.69, 9.17) is 9.47 Å². The zero-order valence-corrected chi connectivity index (χ0v) is 19.7. The minimum Gasteiger partial charge on any atom is -0.490 e. The number of anilines is 1. The Bertz CT molecular complexity index is 996. The summed E-state index contributed by atoms with van der Waals surface area (Å²) in [6, 6.07) is 9.73. The van der Waals surface area contributed by atoms with Gasteiger partial charge in [0.05, 0.1) is 35.7 Å². The van der Waals surface area contributed by atoms with Crippen molar-refractivity contribution in [3.63, 3.8) is 0 Å². The Morgan fingerprint density at radius 3 is 2.58 bits per heavy atom. The second-order valence-corrected chi connectivity index (χ2v) is 8.97. The van der Waals surface area contributed by atoms with Crippen molar-refractivity contribution >= 4 is 29.0 Å². The summed E-state index contributed by atoms with van der Waals surface area (Å²) in [6.45, 7) is 5.43. The maximum atomic E-state index is 14.7. The van der Waals surface area contributed by atoms with Crippen LogP contribution in [0.5, 0.6) is 5.75 Å². The van der Waals surface area contributed by atoms with Crippen LogP contribution in [-0.4, -0.2) is 49.0 Å². The zero-order valence-electron chi connectivity index (χ0n) is 18.9. The molecule has 1 aliphatic heterocycles. The fourth-order valence-corrected chi connectivity index (χ4v) is 4.58. The van der Waals surface area contributed by atoms with Crippen LogP contribution in [0, 0.1) is 15.9 Å². The van der Waals surface area contributed by atoms with Gasteiger partial charge < -0.3 is 19.7 Å². The number of carbonyl (C=O) groups excluding carboxylic acids is 1. The van der Waals surface area contributed by atoms with E-state index in [2.05, 4.69) is 5.32 Å². The lowest BCUT2D eigenvalue weighted by Crippen LogP contribution is -2.45. The second kappa shape index (κ2) is 11.3. The molecular weight excluding hydrogens is 449 g/mol. The number of thioether (sulfide) groups is 1. The van der Waals surface area contributed by atoms with E-state index in [0.717, 1.165) is 5.56 Å². The van der Waals surface area contributed by atoms with Gasteiger partial charge in [-0.05, 0) is 43.2 Å². The van der Waals surface area contributed by atoms with Gasteiger partial charge in [-0.25, -0.2) is 4.39 Å². The first-order valence-corrected chi connectivity index (χ1v) is 11.8. The number of carbonyl (C=O) groups is 1. The van der Waals surface area contributed by atoms with E-state index in [1.165, 1.54) is 31.0 Å². The lowest BCUT2D eigenvalue weighted by atomic mass is 10.1. The number of nitrogens with zero attached hydrogens (tertiary/aromatic N) is 2. The topological polar surface area (TPSA) is 93.9 Å². The molecular formula is C23H28FN3O5S. The zero-order chi connectivity index (χ0) is 24.0. The Morgan fingerprint density at radius 2 is 1.94 bits per heavy atom. The third-order valence-corrected chi connectivity index (χ3v) is 6.21. The Morgan fingerprint density at radius 1 is 1.24 bits per heavy atom. The fraction of sp³-hybridized carbons (Fsp3) is 0.435. The maximum Gasteiger partial charge on any atom is 0.311 e. The molecule has 3 rings (SSSR count). The molecule has 2 aromatic rings. The number of nitro benzene ring substituents is 1. The molecule has 1 fully saturated rings. The molecule has 0 radical (unpaired) electrons. The van der Waals surface area contributed by atoms with E-state index in [9.17, 15) is 19.3 Å². The van der Waals surface area contributed by atoms with E-state index in [0.29, 0.717) is 30.1 Å². The highest BCUT2D eigenvalue weighted by Crippen LogP contribution is 2.29. The molecule has 1 heterocycles. The predicted molar refractivity (Wildman–Crippen MR) is 126 cm³/mol. The molecule has 1 amide bonds. The summed E-state index contributed by atoms with van der Waals surface area (Å²) in [7, 11) is 1.38. The molecule has 0 spiro atoms. The van der Waals surface area contributed by atoms with Crippen LogP contribution >= 0.6 is 11.8 Å².